The average Bonchev–Trinajstić information content (AvgIpc) is 3.37. The molecule has 0 spiro atoms. The minimum atomic E-state index is -0.665. The number of carbonyl (C=O) groups is 1. The Balaban J connectivity index is 1.33. The molecule has 1 unspecified atom stereocenters. The van der Waals surface area contributed by atoms with Crippen molar-refractivity contribution >= 4 is 35.1 Å². The van der Waals surface area contributed by atoms with E-state index >= 15 is 0 Å². The van der Waals surface area contributed by atoms with Gasteiger partial charge < -0.3 is 25.6 Å². The number of carbonyl (C=O) groups excluding carboxylic acids is 1. The number of hydrogen-bond acceptors (Lipinski definition) is 5. The summed E-state index contributed by atoms with van der Waals surface area (Å²) in [5.74, 6) is -0.0971. The van der Waals surface area contributed by atoms with Crippen LogP contribution in [-0.4, -0.2) is 53.0 Å². The molecule has 184 valence electrons. The van der Waals surface area contributed by atoms with Crippen LogP contribution in [0.1, 0.15) is 49.8 Å². The van der Waals surface area contributed by atoms with Crippen molar-refractivity contribution in [2.24, 2.45) is 0 Å². The van der Waals surface area contributed by atoms with E-state index in [-0.39, 0.29) is 23.4 Å². The van der Waals surface area contributed by atoms with Gasteiger partial charge in [0.2, 0.25) is 0 Å². The van der Waals surface area contributed by atoms with Gasteiger partial charge in [0, 0.05) is 42.5 Å². The number of nitrogens with two attached hydrogens (primary N) is 1. The van der Waals surface area contributed by atoms with Crippen LogP contribution in [-0.2, 0) is 6.54 Å². The Hall–Kier alpha value is -2.29. The minimum Gasteiger partial charge on any atom is -0.482 e. The zero-order valence-corrected chi connectivity index (χ0v) is 20.7. The van der Waals surface area contributed by atoms with E-state index in [0.29, 0.717) is 22.4 Å². The average molecular weight is 510 g/mol. The van der Waals surface area contributed by atoms with Gasteiger partial charge in [0.25, 0.3) is 0 Å². The summed E-state index contributed by atoms with van der Waals surface area (Å²) in [5, 5.41) is 3.16. The Morgan fingerprint density at radius 3 is 2.68 bits per heavy atom. The zero-order valence-electron chi connectivity index (χ0n) is 19.2. The first-order valence-corrected chi connectivity index (χ1v) is 12.4. The fourth-order valence-corrected chi connectivity index (χ4v) is 5.36. The number of pyridine rings is 1. The van der Waals surface area contributed by atoms with E-state index in [9.17, 15) is 9.18 Å². The summed E-state index contributed by atoms with van der Waals surface area (Å²) in [7, 11) is 0. The summed E-state index contributed by atoms with van der Waals surface area (Å²) in [5.41, 5.74) is 7.05. The molecular weight excluding hydrogens is 480 g/mol. The van der Waals surface area contributed by atoms with Crippen molar-refractivity contribution in [1.29, 1.82) is 0 Å². The van der Waals surface area contributed by atoms with Gasteiger partial charge in [-0.05, 0) is 69.5 Å². The molecule has 3 N–H and O–H groups in total. The molecule has 0 saturated carbocycles. The number of aromatic nitrogens is 1. The number of likely N-dealkylation sites (tertiary alicyclic amines) is 2. The SMILES string of the molecule is CC(Oc1cc(CNC(=O)N2CCC(N3CCCC3)CC2)cnc1N)c1c(Cl)ccc(F)c1Cl. The molecule has 1 atom stereocenters. The van der Waals surface area contributed by atoms with E-state index in [1.807, 2.05) is 4.90 Å². The van der Waals surface area contributed by atoms with Crippen LogP contribution in [0.4, 0.5) is 15.0 Å². The second-order valence-corrected chi connectivity index (χ2v) is 9.65. The summed E-state index contributed by atoms with van der Waals surface area (Å²) in [6.45, 7) is 5.86. The van der Waals surface area contributed by atoms with Gasteiger partial charge in [0.15, 0.2) is 11.6 Å². The predicted molar refractivity (Wildman–Crippen MR) is 132 cm³/mol. The molecule has 0 radical (unpaired) electrons. The van der Waals surface area contributed by atoms with Gasteiger partial charge in [-0.15, -0.1) is 0 Å². The lowest BCUT2D eigenvalue weighted by Crippen LogP contribution is -2.48. The summed E-state index contributed by atoms with van der Waals surface area (Å²) >= 11 is 12.3. The number of piperidine rings is 1. The second kappa shape index (κ2) is 11.0. The molecule has 10 heteroatoms. The summed E-state index contributed by atoms with van der Waals surface area (Å²) in [4.78, 5) is 21.3. The van der Waals surface area contributed by atoms with Gasteiger partial charge in [-0.3, -0.25) is 0 Å². The third-order valence-corrected chi connectivity index (χ3v) is 7.29. The van der Waals surface area contributed by atoms with Gasteiger partial charge in [0.05, 0.1) is 5.02 Å². The number of nitrogens with zero attached hydrogens (tertiary/aromatic N) is 3. The number of urea groups is 1. The molecule has 2 aliphatic heterocycles. The summed E-state index contributed by atoms with van der Waals surface area (Å²) in [6, 6.07) is 4.84. The number of benzene rings is 1. The van der Waals surface area contributed by atoms with Crippen molar-refractivity contribution in [3.63, 3.8) is 0 Å². The molecule has 0 aliphatic carbocycles. The maximum absolute atomic E-state index is 13.9. The number of amides is 2. The van der Waals surface area contributed by atoms with E-state index in [0.717, 1.165) is 31.5 Å². The molecule has 1 aromatic carbocycles. The molecule has 34 heavy (non-hydrogen) atoms. The van der Waals surface area contributed by atoms with Crippen molar-refractivity contribution in [3.8, 4) is 5.75 Å². The highest BCUT2D eigenvalue weighted by molar-refractivity contribution is 6.36. The minimum absolute atomic E-state index is 0.0918. The molecule has 2 saturated heterocycles. The third kappa shape index (κ3) is 5.67. The Morgan fingerprint density at radius 1 is 1.26 bits per heavy atom. The molecule has 4 rings (SSSR count). The van der Waals surface area contributed by atoms with Crippen molar-refractivity contribution < 1.29 is 13.9 Å². The van der Waals surface area contributed by atoms with Crippen molar-refractivity contribution in [2.45, 2.75) is 51.3 Å². The number of rotatable bonds is 6. The molecule has 2 aromatic rings. The number of hydrogen-bond donors (Lipinski definition) is 2. The van der Waals surface area contributed by atoms with Crippen LogP contribution >= 0.6 is 23.2 Å². The Bertz CT molecular complexity index is 1030. The molecular formula is C24H30Cl2FN5O2. The van der Waals surface area contributed by atoms with Gasteiger partial charge in [-0.1, -0.05) is 23.2 Å². The third-order valence-electron chi connectivity index (χ3n) is 6.58. The maximum atomic E-state index is 13.9. The first kappa shape index (κ1) is 24.8. The Labute approximate surface area is 209 Å². The smallest absolute Gasteiger partial charge is 0.317 e. The van der Waals surface area contributed by atoms with E-state index in [2.05, 4.69) is 15.2 Å². The highest BCUT2D eigenvalue weighted by Gasteiger charge is 2.28. The molecule has 7 nitrogen and oxygen atoms in total. The van der Waals surface area contributed by atoms with Crippen molar-refractivity contribution in [1.82, 2.24) is 20.1 Å². The van der Waals surface area contributed by atoms with Crippen LogP contribution < -0.4 is 15.8 Å². The van der Waals surface area contributed by atoms with Crippen LogP contribution in [0.25, 0.3) is 0 Å². The number of anilines is 1. The molecule has 2 aliphatic rings. The van der Waals surface area contributed by atoms with Gasteiger partial charge in [-0.25, -0.2) is 14.2 Å². The van der Waals surface area contributed by atoms with Gasteiger partial charge in [-0.2, -0.15) is 0 Å². The summed E-state index contributed by atoms with van der Waals surface area (Å²) in [6.07, 6.45) is 5.51. The molecule has 0 bridgehead atoms. The zero-order chi connectivity index (χ0) is 24.2. The molecule has 1 aromatic heterocycles. The lowest BCUT2D eigenvalue weighted by atomic mass is 10.0. The van der Waals surface area contributed by atoms with Crippen LogP contribution in [0.5, 0.6) is 5.75 Å². The monoisotopic (exact) mass is 509 g/mol. The summed E-state index contributed by atoms with van der Waals surface area (Å²) < 4.78 is 19.8. The highest BCUT2D eigenvalue weighted by atomic mass is 35.5. The first-order chi connectivity index (χ1) is 16.3. The largest absolute Gasteiger partial charge is 0.482 e. The quantitative estimate of drug-likeness (QED) is 0.534. The van der Waals surface area contributed by atoms with Crippen LogP contribution in [0.2, 0.25) is 10.0 Å². The van der Waals surface area contributed by atoms with E-state index < -0.39 is 11.9 Å². The maximum Gasteiger partial charge on any atom is 0.317 e. The van der Waals surface area contributed by atoms with E-state index in [4.69, 9.17) is 33.7 Å². The van der Waals surface area contributed by atoms with Gasteiger partial charge >= 0.3 is 6.03 Å². The second-order valence-electron chi connectivity index (χ2n) is 8.86. The fraction of sp³-hybridized carbons (Fsp3) is 0.500. The molecule has 2 amide bonds. The lowest BCUT2D eigenvalue weighted by molar-refractivity contribution is 0.134. The van der Waals surface area contributed by atoms with E-state index in [1.165, 1.54) is 38.1 Å². The van der Waals surface area contributed by atoms with Crippen LogP contribution in [0.3, 0.4) is 0 Å². The Kier molecular flexibility index (Phi) is 8.01. The van der Waals surface area contributed by atoms with Crippen molar-refractivity contribution in [2.75, 3.05) is 31.9 Å². The number of nitrogens with one attached hydrogen (secondary N) is 1. The Morgan fingerprint density at radius 2 is 1.97 bits per heavy atom. The predicted octanol–water partition coefficient (Wildman–Crippen LogP) is 5.02. The van der Waals surface area contributed by atoms with Crippen LogP contribution in [0, 0.1) is 5.82 Å². The number of halogens is 3. The van der Waals surface area contributed by atoms with Crippen LogP contribution in [0.15, 0.2) is 24.4 Å². The van der Waals surface area contributed by atoms with E-state index in [1.54, 1.807) is 19.2 Å². The number of ether oxygens (including phenoxy) is 1. The number of nitrogen functional groups attached to an aromatic ring is 1. The normalized spacial score (nSPS) is 18.2. The fourth-order valence-electron chi connectivity index (χ4n) is 4.68. The van der Waals surface area contributed by atoms with Crippen molar-refractivity contribution in [3.05, 3.63) is 51.4 Å². The molecule has 3 heterocycles. The standard InChI is InChI=1S/C24H30Cl2FN5O2/c1-15(21-18(25)4-5-19(27)22(21)26)34-20-12-16(13-29-23(20)28)14-30-24(33)32-10-6-17(7-11-32)31-8-2-3-9-31/h4-5,12-13,15,17H,2-3,6-11,14H2,1H3,(H2,28,29)(H,30,33). The first-order valence-electron chi connectivity index (χ1n) is 11.6. The highest BCUT2D eigenvalue weighted by Crippen LogP contribution is 2.36. The topological polar surface area (TPSA) is 83.7 Å². The lowest BCUT2D eigenvalue weighted by Gasteiger charge is -2.36. The van der Waals surface area contributed by atoms with Gasteiger partial charge in [0.1, 0.15) is 11.9 Å². The molecule has 2 fully saturated rings.